The number of rotatable bonds is 7. The highest BCUT2D eigenvalue weighted by atomic mass is 32.2. The predicted octanol–water partition coefficient (Wildman–Crippen LogP) is 0.598. The summed E-state index contributed by atoms with van der Waals surface area (Å²) in [6.07, 6.45) is 1.12. The summed E-state index contributed by atoms with van der Waals surface area (Å²) in [4.78, 5) is 24.4. The van der Waals surface area contributed by atoms with E-state index in [1.807, 2.05) is 30.3 Å². The van der Waals surface area contributed by atoms with E-state index in [9.17, 15) is 18.0 Å². The molecule has 1 saturated heterocycles. The maximum absolute atomic E-state index is 12.4. The van der Waals surface area contributed by atoms with Crippen molar-refractivity contribution in [3.8, 4) is 0 Å². The Morgan fingerprint density at radius 3 is 2.81 bits per heavy atom. The average Bonchev–Trinajstić information content (AvgIpc) is 3.15. The van der Waals surface area contributed by atoms with Gasteiger partial charge >= 0.3 is 5.69 Å². The van der Waals surface area contributed by atoms with Crippen molar-refractivity contribution < 1.29 is 13.2 Å². The zero-order valence-corrected chi connectivity index (χ0v) is 16.6. The van der Waals surface area contributed by atoms with E-state index in [1.165, 1.54) is 16.3 Å². The number of aromatic amines is 1. The van der Waals surface area contributed by atoms with Gasteiger partial charge in [-0.05, 0) is 25.3 Å². The molecular weight excluding hydrogens is 388 g/mol. The van der Waals surface area contributed by atoms with Crippen molar-refractivity contribution in [2.24, 2.45) is 0 Å². The third kappa shape index (κ3) is 5.23. The van der Waals surface area contributed by atoms with Gasteiger partial charge in [-0.15, -0.1) is 5.10 Å². The minimum absolute atomic E-state index is 0.0136. The molecule has 0 unspecified atom stereocenters. The molecule has 0 radical (unpaired) electrons. The monoisotopic (exact) mass is 410 g/mol. The zero-order valence-electron chi connectivity index (χ0n) is 14.9. The standard InChI is InChI=1S/C17H22N4O4S2/c1-12(15(22)18-14-8-10-27(24,25)11-14)26-17-20-19-16(23)21(17)9-7-13-5-3-2-4-6-13/h2-6,12,14H,7-11H2,1H3,(H,18,22)(H,19,23)/t12-,14+/m1/s1. The van der Waals surface area contributed by atoms with Crippen molar-refractivity contribution >= 4 is 27.5 Å². The molecule has 27 heavy (non-hydrogen) atoms. The van der Waals surface area contributed by atoms with E-state index in [4.69, 9.17) is 0 Å². The highest BCUT2D eigenvalue weighted by molar-refractivity contribution is 8.00. The number of sulfone groups is 1. The number of benzene rings is 1. The number of hydrogen-bond acceptors (Lipinski definition) is 6. The van der Waals surface area contributed by atoms with E-state index in [2.05, 4.69) is 15.5 Å². The van der Waals surface area contributed by atoms with Crippen LogP contribution < -0.4 is 11.0 Å². The molecule has 2 heterocycles. The van der Waals surface area contributed by atoms with Crippen molar-refractivity contribution in [2.75, 3.05) is 11.5 Å². The molecule has 1 aromatic heterocycles. The number of carbonyl (C=O) groups is 1. The Bertz CT molecular complexity index is 953. The first kappa shape index (κ1) is 19.7. The number of aryl methyl sites for hydroxylation is 1. The van der Waals surface area contributed by atoms with Gasteiger partial charge in [-0.2, -0.15) is 0 Å². The van der Waals surface area contributed by atoms with Crippen LogP contribution in [0.1, 0.15) is 18.9 Å². The van der Waals surface area contributed by atoms with Gasteiger partial charge in [0.15, 0.2) is 15.0 Å². The number of aromatic nitrogens is 3. The molecule has 3 rings (SSSR count). The lowest BCUT2D eigenvalue weighted by molar-refractivity contribution is -0.120. The van der Waals surface area contributed by atoms with E-state index >= 15 is 0 Å². The van der Waals surface area contributed by atoms with Crippen LogP contribution in [0.15, 0.2) is 40.3 Å². The van der Waals surface area contributed by atoms with Crippen LogP contribution in [0, 0.1) is 0 Å². The first-order valence-corrected chi connectivity index (χ1v) is 11.4. The summed E-state index contributed by atoms with van der Waals surface area (Å²) < 4.78 is 24.5. The Morgan fingerprint density at radius 1 is 1.41 bits per heavy atom. The van der Waals surface area contributed by atoms with Crippen LogP contribution in [0.2, 0.25) is 0 Å². The molecule has 2 atom stereocenters. The molecule has 2 N–H and O–H groups in total. The minimum Gasteiger partial charge on any atom is -0.351 e. The van der Waals surface area contributed by atoms with Crippen LogP contribution in [0.4, 0.5) is 0 Å². The Balaban J connectivity index is 1.60. The number of H-pyrrole nitrogens is 1. The van der Waals surface area contributed by atoms with Gasteiger partial charge in [0.05, 0.1) is 16.8 Å². The first-order valence-electron chi connectivity index (χ1n) is 8.70. The Hall–Kier alpha value is -2.07. The van der Waals surface area contributed by atoms with Gasteiger partial charge < -0.3 is 5.32 Å². The van der Waals surface area contributed by atoms with Crippen LogP contribution in [-0.4, -0.2) is 51.9 Å². The van der Waals surface area contributed by atoms with Crippen LogP contribution in [0.3, 0.4) is 0 Å². The van der Waals surface area contributed by atoms with Crippen molar-refractivity contribution in [1.82, 2.24) is 20.1 Å². The van der Waals surface area contributed by atoms with Gasteiger partial charge in [-0.25, -0.2) is 18.3 Å². The summed E-state index contributed by atoms with van der Waals surface area (Å²) in [5, 5.41) is 9.16. The van der Waals surface area contributed by atoms with Crippen molar-refractivity contribution in [1.29, 1.82) is 0 Å². The summed E-state index contributed by atoms with van der Waals surface area (Å²) in [7, 11) is -3.05. The van der Waals surface area contributed by atoms with E-state index in [0.29, 0.717) is 24.5 Å². The fraction of sp³-hybridized carbons (Fsp3) is 0.471. The lowest BCUT2D eigenvalue weighted by Crippen LogP contribution is -2.40. The van der Waals surface area contributed by atoms with Crippen LogP contribution >= 0.6 is 11.8 Å². The summed E-state index contributed by atoms with van der Waals surface area (Å²) >= 11 is 1.18. The van der Waals surface area contributed by atoms with Gasteiger partial charge in [-0.3, -0.25) is 9.36 Å². The smallest absolute Gasteiger partial charge is 0.343 e. The lowest BCUT2D eigenvalue weighted by Gasteiger charge is -2.15. The van der Waals surface area contributed by atoms with Gasteiger partial charge in [-0.1, -0.05) is 42.1 Å². The first-order chi connectivity index (χ1) is 12.8. The topological polar surface area (TPSA) is 114 Å². The summed E-state index contributed by atoms with van der Waals surface area (Å²) in [6, 6.07) is 9.46. The molecule has 2 aromatic rings. The Morgan fingerprint density at radius 2 is 2.15 bits per heavy atom. The fourth-order valence-electron chi connectivity index (χ4n) is 2.91. The molecule has 0 bridgehead atoms. The molecule has 0 spiro atoms. The maximum Gasteiger partial charge on any atom is 0.343 e. The molecular formula is C17H22N4O4S2. The highest BCUT2D eigenvalue weighted by Crippen LogP contribution is 2.21. The minimum atomic E-state index is -3.05. The quantitative estimate of drug-likeness (QED) is 0.646. The fourth-order valence-corrected chi connectivity index (χ4v) is 5.48. The summed E-state index contributed by atoms with van der Waals surface area (Å²) in [6.45, 7) is 2.17. The number of thioether (sulfide) groups is 1. The third-order valence-electron chi connectivity index (χ3n) is 4.42. The van der Waals surface area contributed by atoms with Crippen LogP contribution in [-0.2, 0) is 27.6 Å². The normalized spacial score (nSPS) is 19.7. The molecule has 1 amide bonds. The Labute approximate surface area is 161 Å². The van der Waals surface area contributed by atoms with Gasteiger partial charge in [0.25, 0.3) is 0 Å². The number of nitrogens with one attached hydrogen (secondary N) is 2. The van der Waals surface area contributed by atoms with Crippen molar-refractivity contribution in [3.05, 3.63) is 46.4 Å². The molecule has 0 aliphatic carbocycles. The average molecular weight is 411 g/mol. The van der Waals surface area contributed by atoms with Crippen molar-refractivity contribution in [3.63, 3.8) is 0 Å². The van der Waals surface area contributed by atoms with E-state index in [1.54, 1.807) is 6.92 Å². The molecule has 0 saturated carbocycles. The lowest BCUT2D eigenvalue weighted by atomic mass is 10.1. The van der Waals surface area contributed by atoms with Crippen molar-refractivity contribution in [2.45, 2.75) is 42.8 Å². The molecule has 1 aliphatic rings. The second kappa shape index (κ2) is 8.30. The number of hydrogen-bond donors (Lipinski definition) is 2. The van der Waals surface area contributed by atoms with E-state index in [-0.39, 0.29) is 29.1 Å². The Kier molecular flexibility index (Phi) is 6.05. The van der Waals surface area contributed by atoms with Gasteiger partial charge in [0.2, 0.25) is 5.91 Å². The van der Waals surface area contributed by atoms with E-state index in [0.717, 1.165) is 5.56 Å². The van der Waals surface area contributed by atoms with E-state index < -0.39 is 15.1 Å². The molecule has 146 valence electrons. The second-order valence-corrected chi connectivity index (χ2v) is 10.1. The number of carbonyl (C=O) groups excluding carboxylic acids is 1. The van der Waals surface area contributed by atoms with Crippen LogP contribution in [0.25, 0.3) is 0 Å². The SMILES string of the molecule is C[C@@H](Sc1n[nH]c(=O)n1CCc1ccccc1)C(=O)N[C@H]1CCS(=O)(=O)C1. The summed E-state index contributed by atoms with van der Waals surface area (Å²) in [5.41, 5.74) is 0.790. The molecule has 8 nitrogen and oxygen atoms in total. The predicted molar refractivity (Wildman–Crippen MR) is 104 cm³/mol. The van der Waals surface area contributed by atoms with Gasteiger partial charge in [0.1, 0.15) is 0 Å². The van der Waals surface area contributed by atoms with Gasteiger partial charge in [0, 0.05) is 12.6 Å². The molecule has 10 heteroatoms. The molecule has 1 fully saturated rings. The number of amides is 1. The molecule has 1 aliphatic heterocycles. The molecule has 1 aromatic carbocycles. The largest absolute Gasteiger partial charge is 0.351 e. The zero-order chi connectivity index (χ0) is 19.4. The number of nitrogens with zero attached hydrogens (tertiary/aromatic N) is 2. The highest BCUT2D eigenvalue weighted by Gasteiger charge is 2.30. The summed E-state index contributed by atoms with van der Waals surface area (Å²) in [5.74, 6) is -0.162. The third-order valence-corrected chi connectivity index (χ3v) is 7.28. The van der Waals surface area contributed by atoms with Crippen LogP contribution in [0.5, 0.6) is 0 Å². The second-order valence-electron chi connectivity index (χ2n) is 6.57. The maximum atomic E-state index is 12.4.